The third-order valence-corrected chi connectivity index (χ3v) is 5.76. The van der Waals surface area contributed by atoms with Gasteiger partial charge in [0, 0.05) is 24.5 Å². The summed E-state index contributed by atoms with van der Waals surface area (Å²) in [5, 5.41) is 5.81. The third kappa shape index (κ3) is 4.85. The van der Waals surface area contributed by atoms with E-state index in [0.29, 0.717) is 36.6 Å². The Morgan fingerprint density at radius 2 is 1.96 bits per heavy atom. The molecule has 3 rings (SSSR count). The lowest BCUT2D eigenvalue weighted by molar-refractivity contribution is -0.128. The lowest BCUT2D eigenvalue weighted by Crippen LogP contribution is -2.45. The molecule has 8 heteroatoms. The molecule has 1 aliphatic rings. The molecule has 7 nitrogen and oxygen atoms in total. The Kier molecular flexibility index (Phi) is 5.79. The zero-order chi connectivity index (χ0) is 19.4. The van der Waals surface area contributed by atoms with Crippen LogP contribution in [0.2, 0.25) is 0 Å². The van der Waals surface area contributed by atoms with Crippen LogP contribution in [0, 0.1) is 13.8 Å². The van der Waals surface area contributed by atoms with Crippen LogP contribution in [0.3, 0.4) is 0 Å². The Balaban J connectivity index is 1.80. The minimum atomic E-state index is -3.79. The van der Waals surface area contributed by atoms with Crippen LogP contribution in [0.15, 0.2) is 47.4 Å². The van der Waals surface area contributed by atoms with Crippen molar-refractivity contribution < 1.29 is 17.9 Å². The zero-order valence-electron chi connectivity index (χ0n) is 15.3. The Morgan fingerprint density at radius 3 is 2.67 bits per heavy atom. The van der Waals surface area contributed by atoms with Crippen LogP contribution in [-0.4, -0.2) is 40.1 Å². The number of anilines is 2. The van der Waals surface area contributed by atoms with Crippen molar-refractivity contribution in [2.24, 2.45) is 0 Å². The number of sulfonamides is 1. The molecular weight excluding hydrogens is 366 g/mol. The van der Waals surface area contributed by atoms with E-state index in [1.807, 2.05) is 13.0 Å². The third-order valence-electron chi connectivity index (χ3n) is 4.24. The van der Waals surface area contributed by atoms with Crippen LogP contribution in [0.1, 0.15) is 11.1 Å². The topological polar surface area (TPSA) is 96.5 Å². The first-order valence-corrected chi connectivity index (χ1v) is 10.2. The molecule has 1 fully saturated rings. The highest BCUT2D eigenvalue weighted by molar-refractivity contribution is 7.92. The summed E-state index contributed by atoms with van der Waals surface area (Å²) < 4.78 is 33.6. The summed E-state index contributed by atoms with van der Waals surface area (Å²) in [5.74, 6) is -0.305. The fourth-order valence-electron chi connectivity index (χ4n) is 2.84. The van der Waals surface area contributed by atoms with E-state index < -0.39 is 16.1 Å². The minimum absolute atomic E-state index is 0.115. The Bertz CT molecular complexity index is 938. The molecule has 0 aliphatic carbocycles. The monoisotopic (exact) mass is 389 g/mol. The van der Waals surface area contributed by atoms with Gasteiger partial charge in [-0.25, -0.2) is 8.42 Å². The van der Waals surface area contributed by atoms with E-state index in [2.05, 4.69) is 15.4 Å². The molecule has 2 aromatic carbocycles. The summed E-state index contributed by atoms with van der Waals surface area (Å²) in [4.78, 5) is 12.4. The average Bonchev–Trinajstić information content (AvgIpc) is 2.63. The van der Waals surface area contributed by atoms with Crippen LogP contribution in [0.4, 0.5) is 11.4 Å². The molecule has 0 radical (unpaired) electrons. The number of carbonyl (C=O) groups is 1. The number of hydrogen-bond acceptors (Lipinski definition) is 5. The molecule has 3 N–H and O–H groups in total. The number of rotatable bonds is 5. The highest BCUT2D eigenvalue weighted by Gasteiger charge is 2.23. The van der Waals surface area contributed by atoms with E-state index in [1.165, 1.54) is 6.07 Å². The molecular formula is C19H23N3O4S. The smallest absolute Gasteiger partial charge is 0.262 e. The van der Waals surface area contributed by atoms with Crippen LogP contribution in [0.25, 0.3) is 0 Å². The van der Waals surface area contributed by atoms with Crippen LogP contribution in [0.5, 0.6) is 0 Å². The molecule has 144 valence electrons. The minimum Gasteiger partial charge on any atom is -0.366 e. The van der Waals surface area contributed by atoms with E-state index >= 15 is 0 Å². The van der Waals surface area contributed by atoms with Gasteiger partial charge < -0.3 is 15.4 Å². The zero-order valence-corrected chi connectivity index (χ0v) is 16.1. The first kappa shape index (κ1) is 19.3. The van der Waals surface area contributed by atoms with Crippen molar-refractivity contribution >= 4 is 27.3 Å². The number of morpholine rings is 1. The molecule has 1 amide bonds. The molecule has 0 aromatic heterocycles. The SMILES string of the molecule is Cc1cccc(NS(=O)(=O)c2cc(NC(=O)C3CNCCO3)ccc2C)c1. The number of aryl methyl sites for hydroxylation is 2. The van der Waals surface area contributed by atoms with E-state index in [4.69, 9.17) is 4.74 Å². The second-order valence-corrected chi connectivity index (χ2v) is 8.16. The number of nitrogens with one attached hydrogen (secondary N) is 3. The van der Waals surface area contributed by atoms with Crippen molar-refractivity contribution in [1.29, 1.82) is 0 Å². The summed E-state index contributed by atoms with van der Waals surface area (Å²) in [6, 6.07) is 11.9. The number of benzene rings is 2. The summed E-state index contributed by atoms with van der Waals surface area (Å²) in [5.41, 5.74) is 2.44. The van der Waals surface area contributed by atoms with Gasteiger partial charge in [-0.2, -0.15) is 0 Å². The summed E-state index contributed by atoms with van der Waals surface area (Å²) >= 11 is 0. The van der Waals surface area contributed by atoms with E-state index in [-0.39, 0.29) is 10.8 Å². The van der Waals surface area contributed by atoms with Crippen molar-refractivity contribution in [1.82, 2.24) is 5.32 Å². The van der Waals surface area contributed by atoms with Gasteiger partial charge in [0.25, 0.3) is 15.9 Å². The maximum Gasteiger partial charge on any atom is 0.262 e. The number of hydrogen-bond donors (Lipinski definition) is 3. The molecule has 1 aliphatic heterocycles. The van der Waals surface area contributed by atoms with E-state index in [0.717, 1.165) is 5.56 Å². The van der Waals surface area contributed by atoms with Crippen molar-refractivity contribution in [3.63, 3.8) is 0 Å². The summed E-state index contributed by atoms with van der Waals surface area (Å²) in [7, 11) is -3.79. The van der Waals surface area contributed by atoms with E-state index in [9.17, 15) is 13.2 Å². The normalized spacial score (nSPS) is 17.3. The largest absolute Gasteiger partial charge is 0.366 e. The fourth-order valence-corrected chi connectivity index (χ4v) is 4.16. The standard InChI is InChI=1S/C19H23N3O4S/c1-13-4-3-5-16(10-13)22-27(24,25)18-11-15(7-6-14(18)2)21-19(23)17-12-20-8-9-26-17/h3-7,10-11,17,20,22H,8-9,12H2,1-2H3,(H,21,23). The summed E-state index contributed by atoms with van der Waals surface area (Å²) in [6.07, 6.45) is -0.592. The van der Waals surface area contributed by atoms with Gasteiger partial charge >= 0.3 is 0 Å². The van der Waals surface area contributed by atoms with Gasteiger partial charge in [-0.1, -0.05) is 18.2 Å². The van der Waals surface area contributed by atoms with Gasteiger partial charge in [-0.05, 0) is 49.2 Å². The number of ether oxygens (including phenoxy) is 1. The second kappa shape index (κ2) is 8.08. The Hall–Kier alpha value is -2.42. The van der Waals surface area contributed by atoms with Gasteiger partial charge in [0.05, 0.1) is 11.5 Å². The van der Waals surface area contributed by atoms with Crippen molar-refractivity contribution in [3.8, 4) is 0 Å². The Morgan fingerprint density at radius 1 is 1.15 bits per heavy atom. The highest BCUT2D eigenvalue weighted by Crippen LogP contribution is 2.23. The quantitative estimate of drug-likeness (QED) is 0.727. The fraction of sp³-hybridized carbons (Fsp3) is 0.316. The van der Waals surface area contributed by atoms with Gasteiger partial charge in [0.15, 0.2) is 0 Å². The molecule has 1 atom stereocenters. The first-order valence-electron chi connectivity index (χ1n) is 8.68. The number of carbonyl (C=O) groups excluding carboxylic acids is 1. The molecule has 27 heavy (non-hydrogen) atoms. The molecule has 1 heterocycles. The summed E-state index contributed by atoms with van der Waals surface area (Å²) in [6.45, 7) is 5.21. The highest BCUT2D eigenvalue weighted by atomic mass is 32.2. The maximum absolute atomic E-state index is 12.8. The van der Waals surface area contributed by atoms with Gasteiger partial charge in [-0.3, -0.25) is 9.52 Å². The lowest BCUT2D eigenvalue weighted by Gasteiger charge is -2.23. The second-order valence-electron chi connectivity index (χ2n) is 6.51. The van der Waals surface area contributed by atoms with Crippen molar-refractivity contribution in [2.45, 2.75) is 24.8 Å². The average molecular weight is 389 g/mol. The molecule has 1 unspecified atom stereocenters. The van der Waals surface area contributed by atoms with Gasteiger partial charge in [0.2, 0.25) is 0 Å². The Labute approximate surface area is 159 Å². The molecule has 0 bridgehead atoms. The molecule has 0 spiro atoms. The number of amides is 1. The predicted molar refractivity (Wildman–Crippen MR) is 104 cm³/mol. The predicted octanol–water partition coefficient (Wildman–Crippen LogP) is 2.03. The van der Waals surface area contributed by atoms with Crippen molar-refractivity contribution in [3.05, 3.63) is 53.6 Å². The molecule has 2 aromatic rings. The van der Waals surface area contributed by atoms with Crippen LogP contribution < -0.4 is 15.4 Å². The van der Waals surface area contributed by atoms with Gasteiger partial charge in [-0.15, -0.1) is 0 Å². The lowest BCUT2D eigenvalue weighted by atomic mass is 10.2. The maximum atomic E-state index is 12.8. The van der Waals surface area contributed by atoms with Crippen LogP contribution >= 0.6 is 0 Å². The molecule has 1 saturated heterocycles. The van der Waals surface area contributed by atoms with Crippen LogP contribution in [-0.2, 0) is 19.6 Å². The van der Waals surface area contributed by atoms with E-state index in [1.54, 1.807) is 37.3 Å². The van der Waals surface area contributed by atoms with Crippen molar-refractivity contribution in [2.75, 3.05) is 29.7 Å². The molecule has 0 saturated carbocycles. The first-order chi connectivity index (χ1) is 12.8. The van der Waals surface area contributed by atoms with Gasteiger partial charge in [0.1, 0.15) is 6.10 Å².